The van der Waals surface area contributed by atoms with E-state index in [2.05, 4.69) is 12.2 Å². The summed E-state index contributed by atoms with van der Waals surface area (Å²) in [5.74, 6) is -0.246. The monoisotopic (exact) mass is 408 g/mol. The fourth-order valence-corrected chi connectivity index (χ4v) is 4.05. The molecule has 6 heteroatoms. The van der Waals surface area contributed by atoms with Crippen molar-refractivity contribution < 1.29 is 13.2 Å². The van der Waals surface area contributed by atoms with Gasteiger partial charge in [-0.1, -0.05) is 36.8 Å². The maximum Gasteiger partial charge on any atom is 0.264 e. The fourth-order valence-electron chi connectivity index (χ4n) is 2.86. The van der Waals surface area contributed by atoms with Crippen molar-refractivity contribution in [2.24, 2.45) is 0 Å². The third kappa shape index (κ3) is 4.66. The molecular weight excluding hydrogens is 384 g/mol. The molecule has 0 bridgehead atoms. The first-order chi connectivity index (χ1) is 13.8. The van der Waals surface area contributed by atoms with E-state index in [1.165, 1.54) is 16.9 Å². The zero-order valence-electron chi connectivity index (χ0n) is 16.7. The van der Waals surface area contributed by atoms with Crippen LogP contribution in [0.4, 0.5) is 11.4 Å². The summed E-state index contributed by atoms with van der Waals surface area (Å²) in [6, 6.07) is 20.9. The van der Waals surface area contributed by atoms with Gasteiger partial charge in [0.1, 0.15) is 0 Å². The molecule has 0 spiro atoms. The fraction of sp³-hybridized carbons (Fsp3) is 0.174. The normalized spacial score (nSPS) is 11.1. The molecule has 0 aliphatic heterocycles. The maximum atomic E-state index is 12.8. The summed E-state index contributed by atoms with van der Waals surface area (Å²) in [4.78, 5) is 12.7. The Hall–Kier alpha value is -3.12. The molecule has 3 aromatic carbocycles. The van der Waals surface area contributed by atoms with Crippen molar-refractivity contribution in [3.63, 3.8) is 0 Å². The Balaban J connectivity index is 1.74. The number of sulfonamides is 1. The van der Waals surface area contributed by atoms with Crippen LogP contribution in [0, 0.1) is 6.92 Å². The topological polar surface area (TPSA) is 66.5 Å². The van der Waals surface area contributed by atoms with E-state index >= 15 is 0 Å². The molecule has 0 unspecified atom stereocenters. The van der Waals surface area contributed by atoms with Crippen LogP contribution >= 0.6 is 0 Å². The van der Waals surface area contributed by atoms with Crippen LogP contribution in [0.3, 0.4) is 0 Å². The van der Waals surface area contributed by atoms with Crippen LogP contribution in [0.1, 0.15) is 28.4 Å². The van der Waals surface area contributed by atoms with Gasteiger partial charge in [0.2, 0.25) is 0 Å². The van der Waals surface area contributed by atoms with Gasteiger partial charge in [0.15, 0.2) is 0 Å². The first kappa shape index (κ1) is 20.6. The van der Waals surface area contributed by atoms with Crippen LogP contribution in [0.5, 0.6) is 0 Å². The highest BCUT2D eigenvalue weighted by Crippen LogP contribution is 2.23. The van der Waals surface area contributed by atoms with Crippen molar-refractivity contribution in [1.29, 1.82) is 0 Å². The van der Waals surface area contributed by atoms with Crippen molar-refractivity contribution in [3.8, 4) is 0 Å². The van der Waals surface area contributed by atoms with Gasteiger partial charge >= 0.3 is 0 Å². The van der Waals surface area contributed by atoms with Crippen molar-refractivity contribution in [2.45, 2.75) is 25.2 Å². The highest BCUT2D eigenvalue weighted by atomic mass is 32.2. The molecule has 3 rings (SSSR count). The van der Waals surface area contributed by atoms with Crippen LogP contribution in [-0.4, -0.2) is 21.4 Å². The number of carbonyl (C=O) groups is 1. The van der Waals surface area contributed by atoms with Crippen molar-refractivity contribution in [3.05, 3.63) is 89.5 Å². The number of amides is 1. The SMILES string of the molecule is CCc1ccc(NC(=O)c2ccc(N(C)S(=O)(=O)c3ccc(C)cc3)cc2)cc1. The molecule has 0 saturated carbocycles. The summed E-state index contributed by atoms with van der Waals surface area (Å²) in [6.45, 7) is 3.98. The minimum atomic E-state index is -3.66. The van der Waals surface area contributed by atoms with Gasteiger partial charge in [-0.05, 0) is 67.4 Å². The highest BCUT2D eigenvalue weighted by molar-refractivity contribution is 7.92. The van der Waals surface area contributed by atoms with Gasteiger partial charge in [-0.3, -0.25) is 9.10 Å². The molecule has 0 aliphatic carbocycles. The average molecular weight is 409 g/mol. The second-order valence-electron chi connectivity index (χ2n) is 6.84. The standard InChI is InChI=1S/C23H24N2O3S/c1-4-18-7-11-20(12-8-18)24-23(26)19-9-13-21(14-10-19)25(3)29(27,28)22-15-5-17(2)6-16-22/h5-16H,4H2,1-3H3,(H,24,26). The van der Waals surface area contributed by atoms with Gasteiger partial charge < -0.3 is 5.32 Å². The lowest BCUT2D eigenvalue weighted by Crippen LogP contribution is -2.26. The number of hydrogen-bond acceptors (Lipinski definition) is 3. The third-order valence-corrected chi connectivity index (χ3v) is 6.59. The Morgan fingerprint density at radius 1 is 0.897 bits per heavy atom. The van der Waals surface area contributed by atoms with E-state index in [4.69, 9.17) is 0 Å². The lowest BCUT2D eigenvalue weighted by atomic mass is 10.1. The summed E-state index contributed by atoms with van der Waals surface area (Å²) in [6.07, 6.45) is 0.939. The molecule has 0 aliphatic rings. The van der Waals surface area contributed by atoms with Gasteiger partial charge in [-0.15, -0.1) is 0 Å². The molecule has 5 nitrogen and oxygen atoms in total. The Kier molecular flexibility index (Phi) is 6.03. The number of aryl methyl sites for hydroxylation is 2. The molecule has 29 heavy (non-hydrogen) atoms. The third-order valence-electron chi connectivity index (χ3n) is 4.79. The molecule has 3 aromatic rings. The van der Waals surface area contributed by atoms with E-state index < -0.39 is 10.0 Å². The van der Waals surface area contributed by atoms with Gasteiger partial charge in [0.25, 0.3) is 15.9 Å². The summed E-state index contributed by atoms with van der Waals surface area (Å²) in [5.41, 5.74) is 3.84. The Labute approximate surface area is 172 Å². The molecule has 0 atom stereocenters. The van der Waals surface area contributed by atoms with Gasteiger partial charge in [-0.2, -0.15) is 0 Å². The second kappa shape index (κ2) is 8.49. The number of benzene rings is 3. The minimum absolute atomic E-state index is 0.225. The molecule has 1 amide bonds. The van der Waals surface area contributed by atoms with E-state index in [9.17, 15) is 13.2 Å². The van der Waals surface area contributed by atoms with Crippen molar-refractivity contribution in [1.82, 2.24) is 0 Å². The maximum absolute atomic E-state index is 12.8. The van der Waals surface area contributed by atoms with E-state index in [1.807, 2.05) is 31.2 Å². The van der Waals surface area contributed by atoms with E-state index in [-0.39, 0.29) is 10.8 Å². The number of rotatable bonds is 6. The van der Waals surface area contributed by atoms with E-state index in [0.29, 0.717) is 11.3 Å². The van der Waals surface area contributed by atoms with Crippen molar-refractivity contribution >= 4 is 27.3 Å². The first-order valence-corrected chi connectivity index (χ1v) is 10.8. The average Bonchev–Trinajstić information content (AvgIpc) is 2.74. The number of carbonyl (C=O) groups excluding carboxylic acids is 1. The molecule has 0 aromatic heterocycles. The lowest BCUT2D eigenvalue weighted by molar-refractivity contribution is 0.102. The highest BCUT2D eigenvalue weighted by Gasteiger charge is 2.21. The van der Waals surface area contributed by atoms with Crippen LogP contribution < -0.4 is 9.62 Å². The quantitative estimate of drug-likeness (QED) is 0.646. The molecule has 0 saturated heterocycles. The van der Waals surface area contributed by atoms with E-state index in [0.717, 1.165) is 17.7 Å². The predicted octanol–water partition coefficient (Wildman–Crippen LogP) is 4.63. The van der Waals surface area contributed by atoms with Crippen LogP contribution in [0.15, 0.2) is 77.7 Å². The Bertz CT molecular complexity index is 1090. The smallest absolute Gasteiger partial charge is 0.264 e. The van der Waals surface area contributed by atoms with Gasteiger partial charge in [0.05, 0.1) is 10.6 Å². The minimum Gasteiger partial charge on any atom is -0.322 e. The summed E-state index contributed by atoms with van der Waals surface area (Å²) < 4.78 is 26.8. The number of hydrogen-bond donors (Lipinski definition) is 1. The van der Waals surface area contributed by atoms with Crippen molar-refractivity contribution in [2.75, 3.05) is 16.7 Å². The molecule has 0 heterocycles. The molecular formula is C23H24N2O3S. The number of nitrogens with one attached hydrogen (secondary N) is 1. The number of anilines is 2. The molecule has 0 radical (unpaired) electrons. The predicted molar refractivity (Wildman–Crippen MR) is 117 cm³/mol. The zero-order valence-corrected chi connectivity index (χ0v) is 17.5. The molecule has 150 valence electrons. The first-order valence-electron chi connectivity index (χ1n) is 9.37. The number of nitrogens with zero attached hydrogens (tertiary/aromatic N) is 1. The molecule has 0 fully saturated rings. The summed E-state index contributed by atoms with van der Waals surface area (Å²) >= 11 is 0. The summed E-state index contributed by atoms with van der Waals surface area (Å²) in [5, 5.41) is 2.85. The largest absolute Gasteiger partial charge is 0.322 e. The van der Waals surface area contributed by atoms with Gasteiger partial charge in [0, 0.05) is 18.3 Å². The van der Waals surface area contributed by atoms with Crippen LogP contribution in [0.2, 0.25) is 0 Å². The Morgan fingerprint density at radius 2 is 1.48 bits per heavy atom. The zero-order chi connectivity index (χ0) is 21.0. The second-order valence-corrected chi connectivity index (χ2v) is 8.81. The van der Waals surface area contributed by atoms with Crippen LogP contribution in [0.25, 0.3) is 0 Å². The summed E-state index contributed by atoms with van der Waals surface area (Å²) in [7, 11) is -2.16. The molecule has 1 N–H and O–H groups in total. The lowest BCUT2D eigenvalue weighted by Gasteiger charge is -2.20. The Morgan fingerprint density at radius 3 is 2.03 bits per heavy atom. The van der Waals surface area contributed by atoms with Crippen LogP contribution in [-0.2, 0) is 16.4 Å². The van der Waals surface area contributed by atoms with E-state index in [1.54, 1.807) is 48.5 Å². The van der Waals surface area contributed by atoms with Gasteiger partial charge in [-0.25, -0.2) is 8.42 Å².